The molecule has 1 aliphatic rings. The molecule has 0 radical (unpaired) electrons. The Bertz CT molecular complexity index is 500. The summed E-state index contributed by atoms with van der Waals surface area (Å²) in [5, 5.41) is 15.1. The van der Waals surface area contributed by atoms with E-state index in [1.54, 1.807) is 0 Å². The highest BCUT2D eigenvalue weighted by Crippen LogP contribution is 2.32. The number of benzene rings is 1. The average molecular weight is 306 g/mol. The molecule has 3 N–H and O–H groups in total. The molecule has 1 heterocycles. The van der Waals surface area contributed by atoms with Gasteiger partial charge in [0.05, 0.1) is 6.04 Å². The fraction of sp³-hybridized carbons (Fsp3) is 0.588. The zero-order valence-electron chi connectivity index (χ0n) is 13.4. The van der Waals surface area contributed by atoms with Crippen LogP contribution >= 0.6 is 0 Å². The maximum Gasteiger partial charge on any atom is 0.315 e. The molecule has 22 heavy (non-hydrogen) atoms. The second-order valence-electron chi connectivity index (χ2n) is 5.91. The fourth-order valence-corrected chi connectivity index (χ4v) is 2.94. The highest BCUT2D eigenvalue weighted by atomic mass is 16.5. The number of urea groups is 1. The van der Waals surface area contributed by atoms with Gasteiger partial charge in [0, 0.05) is 18.7 Å². The van der Waals surface area contributed by atoms with Crippen LogP contribution in [0.5, 0.6) is 5.75 Å². The Morgan fingerprint density at radius 1 is 1.36 bits per heavy atom. The van der Waals surface area contributed by atoms with Crippen LogP contribution in [0.15, 0.2) is 24.3 Å². The SMILES string of the molecule is CCC(CC)(CCO)CNC(=O)NC1COc2ccccc21. The van der Waals surface area contributed by atoms with Crippen molar-refractivity contribution in [1.82, 2.24) is 10.6 Å². The lowest BCUT2D eigenvalue weighted by Gasteiger charge is -2.31. The minimum Gasteiger partial charge on any atom is -0.491 e. The minimum atomic E-state index is -0.186. The molecule has 0 saturated heterocycles. The monoisotopic (exact) mass is 306 g/mol. The van der Waals surface area contributed by atoms with Crippen LogP contribution in [-0.2, 0) is 0 Å². The Balaban J connectivity index is 1.89. The molecule has 2 amide bonds. The van der Waals surface area contributed by atoms with Gasteiger partial charge in [0.15, 0.2) is 0 Å². The number of carbonyl (C=O) groups excluding carboxylic acids is 1. The van der Waals surface area contributed by atoms with Gasteiger partial charge in [0.25, 0.3) is 0 Å². The number of ether oxygens (including phenoxy) is 1. The summed E-state index contributed by atoms with van der Waals surface area (Å²) >= 11 is 0. The molecule has 0 spiro atoms. The van der Waals surface area contributed by atoms with Crippen molar-refractivity contribution in [2.45, 2.75) is 39.2 Å². The molecule has 0 aromatic heterocycles. The Labute approximate surface area is 132 Å². The summed E-state index contributed by atoms with van der Waals surface area (Å²) in [6, 6.07) is 7.46. The summed E-state index contributed by atoms with van der Waals surface area (Å²) < 4.78 is 5.56. The molecule has 0 bridgehead atoms. The topological polar surface area (TPSA) is 70.6 Å². The molecule has 1 atom stereocenters. The van der Waals surface area contributed by atoms with E-state index in [2.05, 4.69) is 24.5 Å². The van der Waals surface area contributed by atoms with Crippen LogP contribution in [-0.4, -0.2) is 30.9 Å². The zero-order chi connectivity index (χ0) is 16.0. The van der Waals surface area contributed by atoms with E-state index < -0.39 is 0 Å². The molecule has 1 aromatic carbocycles. The fourth-order valence-electron chi connectivity index (χ4n) is 2.94. The number of hydrogen-bond donors (Lipinski definition) is 3. The molecule has 5 heteroatoms. The van der Waals surface area contributed by atoms with Gasteiger partial charge >= 0.3 is 6.03 Å². The maximum absolute atomic E-state index is 12.2. The van der Waals surface area contributed by atoms with Crippen molar-refractivity contribution < 1.29 is 14.6 Å². The van der Waals surface area contributed by atoms with Crippen molar-refractivity contribution >= 4 is 6.03 Å². The number of carbonyl (C=O) groups is 1. The van der Waals surface area contributed by atoms with Gasteiger partial charge in [-0.25, -0.2) is 4.79 Å². The van der Waals surface area contributed by atoms with Crippen molar-refractivity contribution in [2.24, 2.45) is 5.41 Å². The van der Waals surface area contributed by atoms with Gasteiger partial charge in [-0.1, -0.05) is 32.0 Å². The van der Waals surface area contributed by atoms with Crippen LogP contribution < -0.4 is 15.4 Å². The quantitative estimate of drug-likeness (QED) is 0.725. The second kappa shape index (κ2) is 7.49. The van der Waals surface area contributed by atoms with Crippen LogP contribution in [0.25, 0.3) is 0 Å². The summed E-state index contributed by atoms with van der Waals surface area (Å²) in [5.74, 6) is 0.838. The third-order valence-corrected chi connectivity index (χ3v) is 4.77. The summed E-state index contributed by atoms with van der Waals surface area (Å²) in [7, 11) is 0. The number of para-hydroxylation sites is 1. The highest BCUT2D eigenvalue weighted by Gasteiger charge is 2.28. The molecule has 1 aromatic rings. The van der Waals surface area contributed by atoms with Gasteiger partial charge in [-0.15, -0.1) is 0 Å². The first-order valence-corrected chi connectivity index (χ1v) is 8.01. The zero-order valence-corrected chi connectivity index (χ0v) is 13.4. The van der Waals surface area contributed by atoms with E-state index in [-0.39, 0.29) is 24.1 Å². The minimum absolute atomic E-state index is 0.0316. The van der Waals surface area contributed by atoms with Crippen molar-refractivity contribution in [3.8, 4) is 5.75 Å². The predicted octanol–water partition coefficient (Wildman–Crippen LogP) is 2.61. The van der Waals surface area contributed by atoms with Crippen molar-refractivity contribution in [3.63, 3.8) is 0 Å². The third-order valence-electron chi connectivity index (χ3n) is 4.77. The van der Waals surface area contributed by atoms with E-state index in [0.29, 0.717) is 19.6 Å². The molecular formula is C17H26N2O3. The van der Waals surface area contributed by atoms with Crippen LogP contribution in [0.1, 0.15) is 44.7 Å². The Morgan fingerprint density at radius 3 is 2.77 bits per heavy atom. The second-order valence-corrected chi connectivity index (χ2v) is 5.91. The van der Waals surface area contributed by atoms with Gasteiger partial charge in [0.2, 0.25) is 0 Å². The molecule has 0 saturated carbocycles. The number of aliphatic hydroxyl groups excluding tert-OH is 1. The third kappa shape index (κ3) is 3.71. The smallest absolute Gasteiger partial charge is 0.315 e. The van der Waals surface area contributed by atoms with Crippen molar-refractivity contribution in [3.05, 3.63) is 29.8 Å². The number of fused-ring (bicyclic) bond motifs is 1. The molecule has 1 unspecified atom stereocenters. The number of hydrogen-bond acceptors (Lipinski definition) is 3. The van der Waals surface area contributed by atoms with Gasteiger partial charge in [0.1, 0.15) is 12.4 Å². The van der Waals surface area contributed by atoms with E-state index in [1.165, 1.54) is 0 Å². The number of aliphatic hydroxyl groups is 1. The number of rotatable bonds is 7. The largest absolute Gasteiger partial charge is 0.491 e. The predicted molar refractivity (Wildman–Crippen MR) is 85.9 cm³/mol. The lowest BCUT2D eigenvalue weighted by Crippen LogP contribution is -2.44. The first kappa shape index (κ1) is 16.6. The molecule has 0 aliphatic carbocycles. The Hall–Kier alpha value is -1.75. The normalized spacial score (nSPS) is 16.8. The summed E-state index contributed by atoms with van der Waals surface area (Å²) in [5.41, 5.74) is 0.987. The van der Waals surface area contributed by atoms with Gasteiger partial charge in [-0.3, -0.25) is 0 Å². The lowest BCUT2D eigenvalue weighted by atomic mass is 9.79. The van der Waals surface area contributed by atoms with E-state index in [9.17, 15) is 9.90 Å². The molecule has 5 nitrogen and oxygen atoms in total. The molecular weight excluding hydrogens is 280 g/mol. The average Bonchev–Trinajstić information content (AvgIpc) is 2.95. The van der Waals surface area contributed by atoms with E-state index in [0.717, 1.165) is 24.2 Å². The molecule has 122 valence electrons. The number of amides is 2. The lowest BCUT2D eigenvalue weighted by molar-refractivity contribution is 0.162. The molecule has 1 aliphatic heterocycles. The number of nitrogens with one attached hydrogen (secondary N) is 2. The van der Waals surface area contributed by atoms with E-state index in [4.69, 9.17) is 4.74 Å². The van der Waals surface area contributed by atoms with Gasteiger partial charge in [-0.2, -0.15) is 0 Å². The summed E-state index contributed by atoms with van der Waals surface area (Å²) in [4.78, 5) is 12.2. The summed E-state index contributed by atoms with van der Waals surface area (Å²) in [6.45, 7) is 5.38. The summed E-state index contributed by atoms with van der Waals surface area (Å²) in [6.07, 6.45) is 2.56. The Kier molecular flexibility index (Phi) is 5.66. The van der Waals surface area contributed by atoms with Crippen LogP contribution in [0, 0.1) is 5.41 Å². The van der Waals surface area contributed by atoms with Gasteiger partial charge < -0.3 is 20.5 Å². The van der Waals surface area contributed by atoms with Crippen LogP contribution in [0.4, 0.5) is 4.79 Å². The Morgan fingerprint density at radius 2 is 2.09 bits per heavy atom. The maximum atomic E-state index is 12.2. The van der Waals surface area contributed by atoms with E-state index >= 15 is 0 Å². The highest BCUT2D eigenvalue weighted by molar-refractivity contribution is 5.74. The van der Waals surface area contributed by atoms with Crippen LogP contribution in [0.3, 0.4) is 0 Å². The molecule has 0 fully saturated rings. The van der Waals surface area contributed by atoms with Crippen LogP contribution in [0.2, 0.25) is 0 Å². The van der Waals surface area contributed by atoms with Crippen molar-refractivity contribution in [1.29, 1.82) is 0 Å². The first-order chi connectivity index (χ1) is 10.6. The van der Waals surface area contributed by atoms with Crippen molar-refractivity contribution in [2.75, 3.05) is 19.8 Å². The first-order valence-electron chi connectivity index (χ1n) is 8.01. The van der Waals surface area contributed by atoms with Gasteiger partial charge in [-0.05, 0) is 30.7 Å². The molecule has 2 rings (SSSR count). The standard InChI is InChI=1S/C17H26N2O3/c1-3-17(4-2,9-10-20)12-18-16(21)19-14-11-22-15-8-6-5-7-13(14)15/h5-8,14,20H,3-4,9-12H2,1-2H3,(H2,18,19,21). The van der Waals surface area contributed by atoms with E-state index in [1.807, 2.05) is 24.3 Å².